The molecule has 0 saturated carbocycles. The standard InChI is InChI=1S/C10H13N3O3S/c1-17(15,16)8-2-5-13(7-8)10(14)9-6-11-3-4-12-9/h3-4,6,8H,2,5,7H2,1H3/t8-/m0/s1. The van der Waals surface area contributed by atoms with Gasteiger partial charge in [0.25, 0.3) is 5.91 Å². The lowest BCUT2D eigenvalue weighted by atomic mass is 10.4. The number of hydrogen-bond donors (Lipinski definition) is 0. The van der Waals surface area contributed by atoms with Gasteiger partial charge in [-0.3, -0.25) is 9.78 Å². The van der Waals surface area contributed by atoms with E-state index < -0.39 is 15.1 Å². The minimum atomic E-state index is -3.08. The molecule has 2 heterocycles. The van der Waals surface area contributed by atoms with Crippen molar-refractivity contribution in [2.24, 2.45) is 0 Å². The van der Waals surface area contributed by atoms with Crippen molar-refractivity contribution in [1.82, 2.24) is 14.9 Å². The summed E-state index contributed by atoms with van der Waals surface area (Å²) in [5, 5.41) is -0.455. The summed E-state index contributed by atoms with van der Waals surface area (Å²) in [6.45, 7) is 0.696. The monoisotopic (exact) mass is 255 g/mol. The van der Waals surface area contributed by atoms with Gasteiger partial charge in [-0.05, 0) is 6.42 Å². The van der Waals surface area contributed by atoms with Crippen LogP contribution in [-0.2, 0) is 9.84 Å². The molecular weight excluding hydrogens is 242 g/mol. The first kappa shape index (κ1) is 12.0. The number of nitrogens with zero attached hydrogens (tertiary/aromatic N) is 3. The van der Waals surface area contributed by atoms with Crippen LogP contribution in [0, 0.1) is 0 Å². The lowest BCUT2D eigenvalue weighted by molar-refractivity contribution is 0.0787. The first-order valence-corrected chi connectivity index (χ1v) is 7.18. The molecule has 17 heavy (non-hydrogen) atoms. The molecular formula is C10H13N3O3S. The van der Waals surface area contributed by atoms with Gasteiger partial charge in [0.2, 0.25) is 0 Å². The van der Waals surface area contributed by atoms with Gasteiger partial charge in [-0.15, -0.1) is 0 Å². The van der Waals surface area contributed by atoms with Gasteiger partial charge in [0.1, 0.15) is 5.69 Å². The number of likely N-dealkylation sites (tertiary alicyclic amines) is 1. The van der Waals surface area contributed by atoms with Crippen molar-refractivity contribution in [2.75, 3.05) is 19.3 Å². The molecule has 1 aromatic rings. The van der Waals surface area contributed by atoms with E-state index in [9.17, 15) is 13.2 Å². The normalized spacial score (nSPS) is 20.5. The van der Waals surface area contributed by atoms with Gasteiger partial charge in [-0.2, -0.15) is 0 Å². The number of aromatic nitrogens is 2. The van der Waals surface area contributed by atoms with E-state index in [4.69, 9.17) is 0 Å². The molecule has 92 valence electrons. The van der Waals surface area contributed by atoms with Gasteiger partial charge in [-0.1, -0.05) is 0 Å². The molecule has 2 rings (SSSR count). The quantitative estimate of drug-likeness (QED) is 0.727. The molecule has 0 aromatic carbocycles. The average Bonchev–Trinajstić information content (AvgIpc) is 2.78. The van der Waals surface area contributed by atoms with Crippen molar-refractivity contribution >= 4 is 15.7 Å². The molecule has 1 amide bonds. The topological polar surface area (TPSA) is 80.2 Å². The van der Waals surface area contributed by atoms with Crippen LogP contribution in [0.4, 0.5) is 0 Å². The molecule has 0 N–H and O–H groups in total. The zero-order valence-electron chi connectivity index (χ0n) is 9.41. The number of rotatable bonds is 2. The number of sulfone groups is 1. The molecule has 0 bridgehead atoms. The first-order valence-electron chi connectivity index (χ1n) is 5.22. The van der Waals surface area contributed by atoms with Crippen LogP contribution in [0.25, 0.3) is 0 Å². The van der Waals surface area contributed by atoms with Crippen LogP contribution in [0.15, 0.2) is 18.6 Å². The van der Waals surface area contributed by atoms with Crippen LogP contribution >= 0.6 is 0 Å². The summed E-state index contributed by atoms with van der Waals surface area (Å²) < 4.78 is 22.7. The average molecular weight is 255 g/mol. The van der Waals surface area contributed by atoms with Gasteiger partial charge < -0.3 is 4.90 Å². The Bertz CT molecular complexity index is 515. The van der Waals surface area contributed by atoms with Crippen LogP contribution in [0.1, 0.15) is 16.9 Å². The maximum atomic E-state index is 11.9. The lowest BCUT2D eigenvalue weighted by Gasteiger charge is -2.15. The van der Waals surface area contributed by atoms with Gasteiger partial charge in [0.15, 0.2) is 9.84 Å². The van der Waals surface area contributed by atoms with Crippen molar-refractivity contribution in [3.63, 3.8) is 0 Å². The largest absolute Gasteiger partial charge is 0.336 e. The fourth-order valence-electron chi connectivity index (χ4n) is 1.83. The zero-order valence-corrected chi connectivity index (χ0v) is 10.2. The molecule has 6 nitrogen and oxygen atoms in total. The third kappa shape index (κ3) is 2.60. The number of carbonyl (C=O) groups is 1. The van der Waals surface area contributed by atoms with Crippen molar-refractivity contribution in [3.05, 3.63) is 24.3 Å². The fraction of sp³-hybridized carbons (Fsp3) is 0.500. The van der Waals surface area contributed by atoms with E-state index in [2.05, 4.69) is 9.97 Å². The van der Waals surface area contributed by atoms with Crippen LogP contribution < -0.4 is 0 Å². The second-order valence-corrected chi connectivity index (χ2v) is 6.41. The summed E-state index contributed by atoms with van der Waals surface area (Å²) in [6.07, 6.45) is 6.01. The molecule has 1 atom stereocenters. The molecule has 0 aliphatic carbocycles. The van der Waals surface area contributed by atoms with Crippen molar-refractivity contribution < 1.29 is 13.2 Å². The van der Waals surface area contributed by atoms with Gasteiger partial charge in [0, 0.05) is 31.7 Å². The Hall–Kier alpha value is -1.50. The Kier molecular flexibility index (Phi) is 3.10. The van der Waals surface area contributed by atoms with Gasteiger partial charge in [0.05, 0.1) is 11.4 Å². The van der Waals surface area contributed by atoms with Gasteiger partial charge in [-0.25, -0.2) is 13.4 Å². The first-order chi connectivity index (χ1) is 7.98. The van der Waals surface area contributed by atoms with Crippen molar-refractivity contribution in [2.45, 2.75) is 11.7 Å². The summed E-state index contributed by atoms with van der Waals surface area (Å²) in [5.41, 5.74) is 0.252. The molecule has 7 heteroatoms. The summed E-state index contributed by atoms with van der Waals surface area (Å²) >= 11 is 0. The molecule has 0 spiro atoms. The highest BCUT2D eigenvalue weighted by Crippen LogP contribution is 2.17. The Labute approximate surface area is 99.6 Å². The summed E-state index contributed by atoms with van der Waals surface area (Å²) in [7, 11) is -3.08. The highest BCUT2D eigenvalue weighted by Gasteiger charge is 2.33. The predicted molar refractivity (Wildman–Crippen MR) is 61.2 cm³/mol. The van der Waals surface area contributed by atoms with E-state index in [0.717, 1.165) is 0 Å². The molecule has 0 unspecified atom stereocenters. The molecule has 1 fully saturated rings. The van der Waals surface area contributed by atoms with Crippen molar-refractivity contribution in [1.29, 1.82) is 0 Å². The SMILES string of the molecule is CS(=O)(=O)[C@H]1CCN(C(=O)c2cnccn2)C1. The van der Waals surface area contributed by atoms with Crippen LogP contribution in [0.3, 0.4) is 0 Å². The Morgan fingerprint density at radius 1 is 1.47 bits per heavy atom. The molecule has 0 radical (unpaired) electrons. The number of carbonyl (C=O) groups excluding carboxylic acids is 1. The Balaban J connectivity index is 2.10. The minimum absolute atomic E-state index is 0.244. The summed E-state index contributed by atoms with van der Waals surface area (Å²) in [5.74, 6) is -0.260. The predicted octanol–water partition coefficient (Wildman–Crippen LogP) is -0.264. The molecule has 1 aliphatic heterocycles. The van der Waals surface area contributed by atoms with E-state index in [0.29, 0.717) is 13.0 Å². The fourth-order valence-corrected chi connectivity index (χ4v) is 2.82. The minimum Gasteiger partial charge on any atom is -0.336 e. The van der Waals surface area contributed by atoms with Crippen LogP contribution in [0.5, 0.6) is 0 Å². The Morgan fingerprint density at radius 3 is 2.76 bits per heavy atom. The third-order valence-corrected chi connectivity index (χ3v) is 4.42. The number of amides is 1. The van der Waals surface area contributed by atoms with E-state index in [-0.39, 0.29) is 18.1 Å². The van der Waals surface area contributed by atoms with Gasteiger partial charge >= 0.3 is 0 Å². The van der Waals surface area contributed by atoms with Crippen LogP contribution in [0.2, 0.25) is 0 Å². The van der Waals surface area contributed by atoms with E-state index in [1.54, 1.807) is 0 Å². The van der Waals surface area contributed by atoms with E-state index >= 15 is 0 Å². The third-order valence-electron chi connectivity index (χ3n) is 2.82. The second kappa shape index (κ2) is 4.40. The number of hydrogen-bond acceptors (Lipinski definition) is 5. The second-order valence-electron chi connectivity index (χ2n) is 4.08. The maximum absolute atomic E-state index is 11.9. The van der Waals surface area contributed by atoms with E-state index in [1.165, 1.54) is 29.7 Å². The van der Waals surface area contributed by atoms with Crippen molar-refractivity contribution in [3.8, 4) is 0 Å². The Morgan fingerprint density at radius 2 is 2.24 bits per heavy atom. The smallest absolute Gasteiger partial charge is 0.274 e. The molecule has 1 aliphatic rings. The highest BCUT2D eigenvalue weighted by atomic mass is 32.2. The molecule has 1 aromatic heterocycles. The zero-order chi connectivity index (χ0) is 12.5. The van der Waals surface area contributed by atoms with Crippen LogP contribution in [-0.4, -0.2) is 53.8 Å². The summed E-state index contributed by atoms with van der Waals surface area (Å²) in [4.78, 5) is 21.2. The summed E-state index contributed by atoms with van der Waals surface area (Å²) in [6, 6.07) is 0. The molecule has 1 saturated heterocycles. The highest BCUT2D eigenvalue weighted by molar-refractivity contribution is 7.91. The van der Waals surface area contributed by atoms with E-state index in [1.807, 2.05) is 0 Å². The lowest BCUT2D eigenvalue weighted by Crippen LogP contribution is -2.32. The maximum Gasteiger partial charge on any atom is 0.274 e.